The molecule has 0 aliphatic rings. The summed E-state index contributed by atoms with van der Waals surface area (Å²) in [5.74, 6) is -0.919. The summed E-state index contributed by atoms with van der Waals surface area (Å²) in [5, 5.41) is 18.3. The van der Waals surface area contributed by atoms with Crippen LogP contribution in [0.15, 0.2) is 24.3 Å². The lowest BCUT2D eigenvalue weighted by atomic mass is 10.0. The Morgan fingerprint density at radius 2 is 0.929 bits per heavy atom. The van der Waals surface area contributed by atoms with Crippen LogP contribution in [0.3, 0.4) is 0 Å². The second-order valence-corrected chi connectivity index (χ2v) is 16.9. The number of unbranched alkanes of at least 4 members (excludes halogenated alkanes) is 25. The molecule has 3 N–H and O–H groups in total. The van der Waals surface area contributed by atoms with Gasteiger partial charge in [0.1, 0.15) is 12.7 Å². The van der Waals surface area contributed by atoms with E-state index in [0.717, 1.165) is 44.9 Å². The number of hydrogen-bond donors (Lipinski definition) is 3. The molecule has 0 aromatic carbocycles. The summed E-state index contributed by atoms with van der Waals surface area (Å²) in [6, 6.07) is 0. The first-order chi connectivity index (χ1) is 27.2. The smallest absolute Gasteiger partial charge is 0.462 e. The molecule has 0 aliphatic carbocycles. The molecule has 0 spiro atoms. The van der Waals surface area contributed by atoms with Crippen molar-refractivity contribution < 1.29 is 47.8 Å². The fraction of sp³-hybridized carbons (Fsp3) is 0.867. The molecular weight excluding hydrogens is 731 g/mol. The molecule has 0 radical (unpaired) electrons. The molecule has 10 nitrogen and oxygen atoms in total. The molecule has 11 heteroatoms. The first-order valence-electron chi connectivity index (χ1n) is 22.8. The number of carbonyl (C=O) groups excluding carboxylic acids is 2. The average Bonchev–Trinajstić information content (AvgIpc) is 3.19. The zero-order chi connectivity index (χ0) is 41.2. The maximum Gasteiger partial charge on any atom is 0.472 e. The minimum absolute atomic E-state index is 0.188. The molecule has 3 atom stereocenters. The van der Waals surface area contributed by atoms with Gasteiger partial charge in [-0.3, -0.25) is 18.6 Å². The third-order valence-electron chi connectivity index (χ3n) is 9.86. The van der Waals surface area contributed by atoms with Gasteiger partial charge in [-0.05, 0) is 44.9 Å². The second kappa shape index (κ2) is 41.6. The summed E-state index contributed by atoms with van der Waals surface area (Å²) in [5.41, 5.74) is 0. The summed E-state index contributed by atoms with van der Waals surface area (Å²) in [6.07, 6.45) is 41.4. The Kier molecular flexibility index (Phi) is 40.5. The Morgan fingerprint density at radius 3 is 1.41 bits per heavy atom. The van der Waals surface area contributed by atoms with Crippen molar-refractivity contribution >= 4 is 19.8 Å². The minimum Gasteiger partial charge on any atom is -0.462 e. The van der Waals surface area contributed by atoms with E-state index < -0.39 is 51.8 Å². The Hall–Kier alpha value is -1.55. The predicted octanol–water partition coefficient (Wildman–Crippen LogP) is 12.2. The van der Waals surface area contributed by atoms with E-state index in [9.17, 15) is 24.2 Å². The number of rotatable bonds is 43. The number of aliphatic hydroxyl groups excluding tert-OH is 2. The van der Waals surface area contributed by atoms with E-state index in [1.807, 2.05) is 0 Å². The second-order valence-electron chi connectivity index (χ2n) is 15.4. The fourth-order valence-corrected chi connectivity index (χ4v) is 7.11. The van der Waals surface area contributed by atoms with Gasteiger partial charge in [0.05, 0.1) is 19.8 Å². The lowest BCUT2D eigenvalue weighted by molar-refractivity contribution is -0.161. The number of phosphoric ester groups is 1. The number of ether oxygens (including phenoxy) is 2. The maximum atomic E-state index is 12.6. The van der Waals surface area contributed by atoms with Crippen LogP contribution in [-0.4, -0.2) is 65.7 Å². The van der Waals surface area contributed by atoms with Gasteiger partial charge in [0.25, 0.3) is 0 Å². The van der Waals surface area contributed by atoms with Gasteiger partial charge in [-0.25, -0.2) is 4.57 Å². The molecule has 0 heterocycles. The summed E-state index contributed by atoms with van der Waals surface area (Å²) < 4.78 is 32.7. The van der Waals surface area contributed by atoms with E-state index in [1.54, 1.807) is 0 Å². The van der Waals surface area contributed by atoms with E-state index in [4.69, 9.17) is 23.6 Å². The average molecular weight is 817 g/mol. The van der Waals surface area contributed by atoms with Crippen LogP contribution in [0.25, 0.3) is 0 Å². The third-order valence-corrected chi connectivity index (χ3v) is 10.8. The van der Waals surface area contributed by atoms with Crippen molar-refractivity contribution in [3.8, 4) is 0 Å². The van der Waals surface area contributed by atoms with Crippen LogP contribution in [-0.2, 0) is 32.7 Å². The predicted molar refractivity (Wildman–Crippen MR) is 228 cm³/mol. The van der Waals surface area contributed by atoms with Crippen molar-refractivity contribution in [1.82, 2.24) is 0 Å². The summed E-state index contributed by atoms with van der Waals surface area (Å²) >= 11 is 0. The monoisotopic (exact) mass is 817 g/mol. The van der Waals surface area contributed by atoms with Gasteiger partial charge in [0.15, 0.2) is 6.10 Å². The van der Waals surface area contributed by atoms with Gasteiger partial charge < -0.3 is 24.6 Å². The van der Waals surface area contributed by atoms with E-state index in [-0.39, 0.29) is 19.4 Å². The van der Waals surface area contributed by atoms with E-state index in [1.165, 1.54) is 128 Å². The minimum atomic E-state index is -4.61. The zero-order valence-corrected chi connectivity index (χ0v) is 36.8. The summed E-state index contributed by atoms with van der Waals surface area (Å²) in [7, 11) is -4.61. The van der Waals surface area contributed by atoms with Crippen LogP contribution < -0.4 is 0 Å². The van der Waals surface area contributed by atoms with Gasteiger partial charge in [0.2, 0.25) is 0 Å². The molecule has 1 unspecified atom stereocenters. The van der Waals surface area contributed by atoms with E-state index in [0.29, 0.717) is 12.8 Å². The van der Waals surface area contributed by atoms with Crippen molar-refractivity contribution in [1.29, 1.82) is 0 Å². The first-order valence-corrected chi connectivity index (χ1v) is 24.3. The highest BCUT2D eigenvalue weighted by Crippen LogP contribution is 2.43. The molecule has 0 saturated carbocycles. The van der Waals surface area contributed by atoms with Crippen LogP contribution in [0.5, 0.6) is 0 Å². The molecule has 56 heavy (non-hydrogen) atoms. The van der Waals surface area contributed by atoms with E-state index >= 15 is 0 Å². The van der Waals surface area contributed by atoms with Crippen molar-refractivity contribution in [2.75, 3.05) is 26.4 Å². The highest BCUT2D eigenvalue weighted by Gasteiger charge is 2.27. The molecule has 330 valence electrons. The van der Waals surface area contributed by atoms with Gasteiger partial charge in [-0.15, -0.1) is 0 Å². The number of esters is 2. The quantitative estimate of drug-likeness (QED) is 0.0235. The fourth-order valence-electron chi connectivity index (χ4n) is 6.32. The first kappa shape index (κ1) is 54.5. The van der Waals surface area contributed by atoms with Crippen LogP contribution >= 0.6 is 7.82 Å². The zero-order valence-electron chi connectivity index (χ0n) is 35.9. The number of allylic oxidation sites excluding steroid dienone is 4. The van der Waals surface area contributed by atoms with Gasteiger partial charge in [-0.1, -0.05) is 179 Å². The molecule has 0 amide bonds. The van der Waals surface area contributed by atoms with Crippen molar-refractivity contribution in [2.45, 2.75) is 225 Å². The van der Waals surface area contributed by atoms with Crippen LogP contribution in [0.4, 0.5) is 0 Å². The molecule has 0 aliphatic heterocycles. The van der Waals surface area contributed by atoms with Crippen LogP contribution in [0.1, 0.15) is 213 Å². The number of hydrogen-bond acceptors (Lipinski definition) is 9. The standard InChI is InChI=1S/C45H85O10P/c1-3-5-7-9-11-13-15-17-18-19-20-21-22-23-24-25-27-28-30-32-34-36-44(48)52-40-43(41-54-56(50,51)53-39-42(47)38-46)55-45(49)37-35-33-31-29-26-16-14-12-10-8-6-4-2/h11,13,17-18,42-43,46-47H,3-10,12,14-16,19-41H2,1-2H3,(H,50,51)/b13-11-,18-17-/t42-,43+/m0/s1. The van der Waals surface area contributed by atoms with Crippen molar-refractivity contribution in [3.63, 3.8) is 0 Å². The SMILES string of the molecule is CCCCC/C=C\C/C=C\CCCCCCCCCCCCCC(=O)OC[C@H](COP(=O)(O)OC[C@@H](O)CO)OC(=O)CCCCCCCCCCCCCC. The Balaban J connectivity index is 4.17. The van der Waals surface area contributed by atoms with Crippen molar-refractivity contribution in [2.24, 2.45) is 0 Å². The lowest BCUT2D eigenvalue weighted by Crippen LogP contribution is -2.29. The summed E-state index contributed by atoms with van der Waals surface area (Å²) in [6.45, 7) is 2.37. The number of aliphatic hydroxyl groups is 2. The molecule has 0 rings (SSSR count). The van der Waals surface area contributed by atoms with Gasteiger partial charge in [-0.2, -0.15) is 0 Å². The lowest BCUT2D eigenvalue weighted by Gasteiger charge is -2.20. The Bertz CT molecular complexity index is 988. The highest BCUT2D eigenvalue weighted by molar-refractivity contribution is 7.47. The normalized spacial score (nSPS) is 14.0. The van der Waals surface area contributed by atoms with Crippen LogP contribution in [0, 0.1) is 0 Å². The maximum absolute atomic E-state index is 12.6. The molecular formula is C45H85O10P. The molecule has 0 saturated heterocycles. The largest absolute Gasteiger partial charge is 0.472 e. The summed E-state index contributed by atoms with van der Waals surface area (Å²) in [4.78, 5) is 35.0. The van der Waals surface area contributed by atoms with Gasteiger partial charge in [0, 0.05) is 12.8 Å². The third kappa shape index (κ3) is 40.6. The molecule has 0 aromatic rings. The number of phosphoric acid groups is 1. The topological polar surface area (TPSA) is 149 Å². The number of carbonyl (C=O) groups is 2. The Labute approximate surface area is 342 Å². The molecule has 0 fully saturated rings. The van der Waals surface area contributed by atoms with Gasteiger partial charge >= 0.3 is 19.8 Å². The molecule has 0 bridgehead atoms. The van der Waals surface area contributed by atoms with Crippen LogP contribution in [0.2, 0.25) is 0 Å². The van der Waals surface area contributed by atoms with Crippen molar-refractivity contribution in [3.05, 3.63) is 24.3 Å². The molecule has 0 aromatic heterocycles. The van der Waals surface area contributed by atoms with E-state index in [2.05, 4.69) is 38.2 Å². The Morgan fingerprint density at radius 1 is 0.536 bits per heavy atom. The highest BCUT2D eigenvalue weighted by atomic mass is 31.2.